The fraction of sp³-hybridized carbons (Fsp3) is 0.500. The lowest BCUT2D eigenvalue weighted by Gasteiger charge is -2.24. The van der Waals surface area contributed by atoms with Crippen molar-refractivity contribution < 1.29 is 17.9 Å². The number of benzene rings is 1. The van der Waals surface area contributed by atoms with Gasteiger partial charge >= 0.3 is 0 Å². The largest absolute Gasteiger partial charge is 0.495 e. The lowest BCUT2D eigenvalue weighted by molar-refractivity contribution is -0.122. The predicted octanol–water partition coefficient (Wildman–Crippen LogP) is 0.987. The van der Waals surface area contributed by atoms with Crippen LogP contribution in [0.15, 0.2) is 24.3 Å². The van der Waals surface area contributed by atoms with Crippen molar-refractivity contribution in [3.8, 4) is 5.75 Å². The first-order valence-corrected chi connectivity index (χ1v) is 8.66. The van der Waals surface area contributed by atoms with Gasteiger partial charge in [0.25, 0.3) is 0 Å². The number of amides is 1. The minimum Gasteiger partial charge on any atom is -0.495 e. The lowest BCUT2D eigenvalue weighted by Crippen LogP contribution is -2.38. The first-order valence-electron chi connectivity index (χ1n) is 6.82. The van der Waals surface area contributed by atoms with Gasteiger partial charge in [-0.15, -0.1) is 0 Å². The summed E-state index contributed by atoms with van der Waals surface area (Å²) in [4.78, 5) is 11.6. The first kappa shape index (κ1) is 15.6. The monoisotopic (exact) mass is 312 g/mol. The Labute approximate surface area is 125 Å². The molecule has 0 spiro atoms. The van der Waals surface area contributed by atoms with E-state index in [1.54, 1.807) is 24.3 Å². The molecule has 2 rings (SSSR count). The topological polar surface area (TPSA) is 75.7 Å². The molecule has 0 aliphatic heterocycles. The van der Waals surface area contributed by atoms with E-state index in [-0.39, 0.29) is 24.9 Å². The van der Waals surface area contributed by atoms with Crippen LogP contribution in [0.4, 0.5) is 5.69 Å². The van der Waals surface area contributed by atoms with E-state index in [2.05, 4.69) is 5.32 Å². The van der Waals surface area contributed by atoms with Crippen molar-refractivity contribution >= 4 is 21.6 Å². The highest BCUT2D eigenvalue weighted by atomic mass is 32.2. The normalized spacial score (nSPS) is 14.6. The number of anilines is 1. The lowest BCUT2D eigenvalue weighted by atomic mass is 10.3. The molecule has 0 saturated heterocycles. The Bertz CT molecular complexity index is 611. The summed E-state index contributed by atoms with van der Waals surface area (Å²) in [5.41, 5.74) is 0.475. The maximum Gasteiger partial charge on any atom is 0.232 e. The Morgan fingerprint density at radius 1 is 1.38 bits per heavy atom. The Hall–Kier alpha value is -1.76. The number of nitrogens with one attached hydrogen (secondary N) is 1. The fourth-order valence-corrected chi connectivity index (χ4v) is 3.00. The molecule has 0 unspecified atom stereocenters. The molecule has 1 amide bonds. The number of para-hydroxylation sites is 2. The van der Waals surface area contributed by atoms with Crippen LogP contribution in [0.5, 0.6) is 5.75 Å². The number of hydrogen-bond donors (Lipinski definition) is 1. The molecular formula is C14H20N2O4S. The van der Waals surface area contributed by atoms with Crippen LogP contribution in [0, 0.1) is 5.92 Å². The van der Waals surface area contributed by atoms with Gasteiger partial charge in [0.05, 0.1) is 25.6 Å². The molecule has 1 N–H and O–H groups in total. The number of sulfonamides is 1. The number of rotatable bonds is 7. The molecule has 7 heteroatoms. The molecule has 0 heterocycles. The standard InChI is InChI=1S/C14H20N2O4S/c1-20-13-6-4-3-5-12(13)16(21(2,18)19)10-9-15-14(17)11-7-8-11/h3-6,11H,7-10H2,1-2H3,(H,15,17). The van der Waals surface area contributed by atoms with E-state index < -0.39 is 10.0 Å². The summed E-state index contributed by atoms with van der Waals surface area (Å²) in [5.74, 6) is 0.600. The molecule has 1 saturated carbocycles. The summed E-state index contributed by atoms with van der Waals surface area (Å²) >= 11 is 0. The summed E-state index contributed by atoms with van der Waals surface area (Å²) < 4.78 is 30.4. The smallest absolute Gasteiger partial charge is 0.232 e. The fourth-order valence-electron chi connectivity index (χ4n) is 2.07. The second-order valence-corrected chi connectivity index (χ2v) is 6.98. The zero-order valence-corrected chi connectivity index (χ0v) is 13.0. The van der Waals surface area contributed by atoms with Crippen molar-refractivity contribution in [1.29, 1.82) is 0 Å². The highest BCUT2D eigenvalue weighted by Gasteiger charge is 2.29. The maximum absolute atomic E-state index is 12.0. The van der Waals surface area contributed by atoms with E-state index in [4.69, 9.17) is 4.74 Å². The summed E-state index contributed by atoms with van der Waals surface area (Å²) in [5, 5.41) is 2.77. The molecule has 1 aromatic carbocycles. The molecule has 0 atom stereocenters. The molecule has 6 nitrogen and oxygen atoms in total. The molecule has 0 aromatic heterocycles. The van der Waals surface area contributed by atoms with Gasteiger partial charge in [-0.1, -0.05) is 12.1 Å². The van der Waals surface area contributed by atoms with Gasteiger partial charge in [-0.2, -0.15) is 0 Å². The van der Waals surface area contributed by atoms with Crippen LogP contribution in [-0.2, 0) is 14.8 Å². The Morgan fingerprint density at radius 3 is 2.62 bits per heavy atom. The number of carbonyl (C=O) groups excluding carboxylic acids is 1. The van der Waals surface area contributed by atoms with Crippen molar-refractivity contribution in [2.45, 2.75) is 12.8 Å². The molecule has 116 valence electrons. The van der Waals surface area contributed by atoms with E-state index in [1.165, 1.54) is 11.4 Å². The summed E-state index contributed by atoms with van der Waals surface area (Å²) in [6.07, 6.45) is 2.99. The zero-order valence-electron chi connectivity index (χ0n) is 12.2. The van der Waals surface area contributed by atoms with Crippen molar-refractivity contribution in [2.75, 3.05) is 30.8 Å². The van der Waals surface area contributed by atoms with Crippen molar-refractivity contribution in [1.82, 2.24) is 5.32 Å². The molecular weight excluding hydrogens is 292 g/mol. The van der Waals surface area contributed by atoms with Gasteiger partial charge in [0.2, 0.25) is 15.9 Å². The summed E-state index contributed by atoms with van der Waals surface area (Å²) in [6.45, 7) is 0.456. The number of hydrogen-bond acceptors (Lipinski definition) is 4. The average Bonchev–Trinajstić information content (AvgIpc) is 3.26. The van der Waals surface area contributed by atoms with Gasteiger partial charge in [-0.05, 0) is 25.0 Å². The third-order valence-corrected chi connectivity index (χ3v) is 4.50. The SMILES string of the molecule is COc1ccccc1N(CCNC(=O)C1CC1)S(C)(=O)=O. The summed E-state index contributed by atoms with van der Waals surface area (Å²) in [7, 11) is -1.96. The van der Waals surface area contributed by atoms with E-state index in [9.17, 15) is 13.2 Å². The Kier molecular flexibility index (Phi) is 4.72. The Morgan fingerprint density at radius 2 is 2.05 bits per heavy atom. The minimum atomic E-state index is -3.45. The molecule has 1 aliphatic carbocycles. The van der Waals surface area contributed by atoms with Gasteiger partial charge in [-0.25, -0.2) is 8.42 Å². The van der Waals surface area contributed by atoms with Crippen LogP contribution >= 0.6 is 0 Å². The molecule has 0 bridgehead atoms. The van der Waals surface area contributed by atoms with Gasteiger partial charge < -0.3 is 10.1 Å². The third kappa shape index (κ3) is 4.10. The third-order valence-electron chi connectivity index (χ3n) is 3.32. The van der Waals surface area contributed by atoms with Crippen molar-refractivity contribution in [3.05, 3.63) is 24.3 Å². The number of methoxy groups -OCH3 is 1. The van der Waals surface area contributed by atoms with E-state index >= 15 is 0 Å². The average molecular weight is 312 g/mol. The molecule has 21 heavy (non-hydrogen) atoms. The predicted molar refractivity (Wildman–Crippen MR) is 80.9 cm³/mol. The van der Waals surface area contributed by atoms with Crippen LogP contribution in [0.2, 0.25) is 0 Å². The number of carbonyl (C=O) groups is 1. The quantitative estimate of drug-likeness (QED) is 0.814. The van der Waals surface area contributed by atoms with Crippen LogP contribution < -0.4 is 14.4 Å². The second-order valence-electron chi connectivity index (χ2n) is 5.07. The zero-order chi connectivity index (χ0) is 15.5. The molecule has 1 aromatic rings. The molecule has 0 radical (unpaired) electrons. The van der Waals surface area contributed by atoms with Crippen molar-refractivity contribution in [2.24, 2.45) is 5.92 Å². The van der Waals surface area contributed by atoms with Gasteiger partial charge in [-0.3, -0.25) is 9.10 Å². The maximum atomic E-state index is 12.0. The number of nitrogens with zero attached hydrogens (tertiary/aromatic N) is 1. The van der Waals surface area contributed by atoms with Crippen LogP contribution in [-0.4, -0.2) is 40.8 Å². The van der Waals surface area contributed by atoms with E-state index in [0.717, 1.165) is 19.1 Å². The molecule has 1 fully saturated rings. The van der Waals surface area contributed by atoms with Crippen LogP contribution in [0.25, 0.3) is 0 Å². The number of ether oxygens (including phenoxy) is 1. The van der Waals surface area contributed by atoms with Gasteiger partial charge in [0, 0.05) is 12.5 Å². The molecule has 1 aliphatic rings. The van der Waals surface area contributed by atoms with Crippen molar-refractivity contribution in [3.63, 3.8) is 0 Å². The van der Waals surface area contributed by atoms with E-state index in [1.807, 2.05) is 0 Å². The minimum absolute atomic E-state index is 0.00322. The highest BCUT2D eigenvalue weighted by Crippen LogP contribution is 2.30. The highest BCUT2D eigenvalue weighted by molar-refractivity contribution is 7.92. The van der Waals surface area contributed by atoms with Gasteiger partial charge in [0.15, 0.2) is 0 Å². The van der Waals surface area contributed by atoms with E-state index in [0.29, 0.717) is 11.4 Å². The Balaban J connectivity index is 2.09. The van der Waals surface area contributed by atoms with Crippen LogP contribution in [0.1, 0.15) is 12.8 Å². The summed E-state index contributed by atoms with van der Waals surface area (Å²) in [6, 6.07) is 6.91. The van der Waals surface area contributed by atoms with Crippen LogP contribution in [0.3, 0.4) is 0 Å². The second kappa shape index (κ2) is 6.34. The van der Waals surface area contributed by atoms with Gasteiger partial charge in [0.1, 0.15) is 5.75 Å². The first-order chi connectivity index (χ1) is 9.93.